The second-order valence-corrected chi connectivity index (χ2v) is 3.89. The smallest absolute Gasteiger partial charge is 0.133 e. The number of ketones is 1. The van der Waals surface area contributed by atoms with Gasteiger partial charge < -0.3 is 5.11 Å². The maximum atomic E-state index is 11.3. The summed E-state index contributed by atoms with van der Waals surface area (Å²) < 4.78 is 0. The molecule has 0 fully saturated rings. The Morgan fingerprint density at radius 1 is 1.27 bits per heavy atom. The van der Waals surface area contributed by atoms with Crippen LogP contribution in [0.2, 0.25) is 0 Å². The van der Waals surface area contributed by atoms with Crippen molar-refractivity contribution in [2.24, 2.45) is 5.92 Å². The highest BCUT2D eigenvalue weighted by Crippen LogP contribution is 2.14. The molecule has 2 nitrogen and oxygen atoms in total. The van der Waals surface area contributed by atoms with Gasteiger partial charge >= 0.3 is 0 Å². The zero-order valence-electron chi connectivity index (χ0n) is 9.36. The molecule has 0 bridgehead atoms. The van der Waals surface area contributed by atoms with Gasteiger partial charge in [0.25, 0.3) is 0 Å². The molecule has 0 saturated heterocycles. The molecule has 0 heterocycles. The molecule has 2 heteroatoms. The number of carbonyl (C=O) groups is 1. The molecule has 1 aromatic carbocycles. The van der Waals surface area contributed by atoms with Gasteiger partial charge in [0.2, 0.25) is 0 Å². The first-order valence-electron chi connectivity index (χ1n) is 5.36. The molecule has 0 aromatic heterocycles. The van der Waals surface area contributed by atoms with Crippen molar-refractivity contribution >= 4 is 5.78 Å². The summed E-state index contributed by atoms with van der Waals surface area (Å²) >= 11 is 0. The highest BCUT2D eigenvalue weighted by Gasteiger charge is 2.11. The van der Waals surface area contributed by atoms with E-state index in [1.54, 1.807) is 6.92 Å². The minimum Gasteiger partial charge on any atom is -0.392 e. The summed E-state index contributed by atoms with van der Waals surface area (Å²) in [6.45, 7) is 3.76. The van der Waals surface area contributed by atoms with Gasteiger partial charge in [-0.05, 0) is 30.9 Å². The fourth-order valence-corrected chi connectivity index (χ4v) is 1.64. The number of carbonyl (C=O) groups excluding carboxylic acids is 1. The Morgan fingerprint density at radius 3 is 2.20 bits per heavy atom. The Balaban J connectivity index is 2.67. The topological polar surface area (TPSA) is 37.3 Å². The fraction of sp³-hybridized carbons (Fsp3) is 0.462. The quantitative estimate of drug-likeness (QED) is 0.802. The number of aliphatic hydroxyl groups is 1. The lowest BCUT2D eigenvalue weighted by molar-refractivity contribution is -0.120. The van der Waals surface area contributed by atoms with Crippen LogP contribution in [0, 0.1) is 5.92 Å². The van der Waals surface area contributed by atoms with Crippen molar-refractivity contribution in [1.29, 1.82) is 0 Å². The molecule has 1 atom stereocenters. The molecule has 1 aromatic rings. The third kappa shape index (κ3) is 3.48. The van der Waals surface area contributed by atoms with E-state index in [2.05, 4.69) is 0 Å². The lowest BCUT2D eigenvalue weighted by atomic mass is 9.93. The van der Waals surface area contributed by atoms with Gasteiger partial charge in [0.1, 0.15) is 5.78 Å². The van der Waals surface area contributed by atoms with Crippen molar-refractivity contribution < 1.29 is 9.90 Å². The van der Waals surface area contributed by atoms with Crippen LogP contribution in [-0.4, -0.2) is 10.9 Å². The first kappa shape index (κ1) is 11.9. The van der Waals surface area contributed by atoms with E-state index in [1.165, 1.54) is 0 Å². The van der Waals surface area contributed by atoms with E-state index < -0.39 is 0 Å². The van der Waals surface area contributed by atoms with Crippen molar-refractivity contribution in [2.75, 3.05) is 0 Å². The molecule has 1 unspecified atom stereocenters. The maximum absolute atomic E-state index is 11.3. The van der Waals surface area contributed by atoms with Crippen LogP contribution in [0.15, 0.2) is 24.3 Å². The molecule has 0 aliphatic carbocycles. The second-order valence-electron chi connectivity index (χ2n) is 3.89. The molecule has 1 N–H and O–H groups in total. The summed E-state index contributed by atoms with van der Waals surface area (Å²) in [5, 5.41) is 8.89. The third-order valence-electron chi connectivity index (χ3n) is 2.76. The van der Waals surface area contributed by atoms with Crippen LogP contribution in [0.5, 0.6) is 0 Å². The first-order chi connectivity index (χ1) is 7.17. The monoisotopic (exact) mass is 206 g/mol. The van der Waals surface area contributed by atoms with E-state index in [1.807, 2.05) is 31.2 Å². The predicted molar refractivity (Wildman–Crippen MR) is 60.5 cm³/mol. The Labute approximate surface area is 90.9 Å². The fourth-order valence-electron chi connectivity index (χ4n) is 1.64. The van der Waals surface area contributed by atoms with Crippen molar-refractivity contribution in [3.8, 4) is 0 Å². The highest BCUT2D eigenvalue weighted by molar-refractivity contribution is 5.78. The molecule has 0 aliphatic heterocycles. The molecular weight excluding hydrogens is 188 g/mol. The molecule has 0 amide bonds. The summed E-state index contributed by atoms with van der Waals surface area (Å²) in [5.41, 5.74) is 2.07. The summed E-state index contributed by atoms with van der Waals surface area (Å²) in [7, 11) is 0. The minimum atomic E-state index is 0.0736. The lowest BCUT2D eigenvalue weighted by Gasteiger charge is -2.11. The highest BCUT2D eigenvalue weighted by atomic mass is 16.3. The van der Waals surface area contributed by atoms with Gasteiger partial charge in [0.05, 0.1) is 6.61 Å². The standard InChI is InChI=1S/C13H18O2/c1-3-13(10(2)15)8-11-4-6-12(9-14)7-5-11/h4-7,13-14H,3,8-9H2,1-2H3. The number of benzene rings is 1. The normalized spacial score (nSPS) is 12.5. The number of hydrogen-bond donors (Lipinski definition) is 1. The molecule has 1 rings (SSSR count). The summed E-state index contributed by atoms with van der Waals surface area (Å²) in [6.07, 6.45) is 1.69. The van der Waals surface area contributed by atoms with Gasteiger partial charge in [-0.25, -0.2) is 0 Å². The van der Waals surface area contributed by atoms with Crippen molar-refractivity contribution in [3.05, 3.63) is 35.4 Å². The molecule has 0 radical (unpaired) electrons. The molecule has 0 saturated carbocycles. The van der Waals surface area contributed by atoms with Gasteiger partial charge in [0, 0.05) is 5.92 Å². The van der Waals surface area contributed by atoms with E-state index in [-0.39, 0.29) is 18.3 Å². The van der Waals surface area contributed by atoms with Crippen LogP contribution in [0.25, 0.3) is 0 Å². The number of hydrogen-bond acceptors (Lipinski definition) is 2. The van der Waals surface area contributed by atoms with Crippen LogP contribution in [0.1, 0.15) is 31.4 Å². The van der Waals surface area contributed by atoms with E-state index in [0.717, 1.165) is 24.0 Å². The lowest BCUT2D eigenvalue weighted by Crippen LogP contribution is -2.12. The number of Topliss-reactive ketones (excluding diaryl/α,β-unsaturated/α-hetero) is 1. The van der Waals surface area contributed by atoms with Gasteiger partial charge in [-0.1, -0.05) is 31.2 Å². The van der Waals surface area contributed by atoms with E-state index in [0.29, 0.717) is 0 Å². The minimum absolute atomic E-state index is 0.0736. The zero-order valence-corrected chi connectivity index (χ0v) is 9.36. The van der Waals surface area contributed by atoms with Gasteiger partial charge in [-0.2, -0.15) is 0 Å². The van der Waals surface area contributed by atoms with Crippen molar-refractivity contribution in [2.45, 2.75) is 33.3 Å². The number of aliphatic hydroxyl groups excluding tert-OH is 1. The van der Waals surface area contributed by atoms with Crippen LogP contribution in [0.4, 0.5) is 0 Å². The molecule has 15 heavy (non-hydrogen) atoms. The SMILES string of the molecule is CCC(Cc1ccc(CO)cc1)C(C)=O. The van der Waals surface area contributed by atoms with Crippen LogP contribution in [0.3, 0.4) is 0 Å². The Kier molecular flexibility index (Phi) is 4.50. The van der Waals surface area contributed by atoms with E-state index in [9.17, 15) is 4.79 Å². The number of rotatable bonds is 5. The Bertz CT molecular complexity index is 314. The van der Waals surface area contributed by atoms with Crippen molar-refractivity contribution in [3.63, 3.8) is 0 Å². The summed E-state index contributed by atoms with van der Waals surface area (Å²) in [5.74, 6) is 0.383. The van der Waals surface area contributed by atoms with Crippen LogP contribution < -0.4 is 0 Å². The molecule has 0 aliphatic rings. The van der Waals surface area contributed by atoms with E-state index in [4.69, 9.17) is 5.11 Å². The zero-order chi connectivity index (χ0) is 11.3. The average Bonchev–Trinajstić information content (AvgIpc) is 2.26. The maximum Gasteiger partial charge on any atom is 0.133 e. The summed E-state index contributed by atoms with van der Waals surface area (Å²) in [6, 6.07) is 7.78. The van der Waals surface area contributed by atoms with Gasteiger partial charge in [-0.3, -0.25) is 4.79 Å². The van der Waals surface area contributed by atoms with Crippen molar-refractivity contribution in [1.82, 2.24) is 0 Å². The molecular formula is C13H18O2. The van der Waals surface area contributed by atoms with E-state index >= 15 is 0 Å². The van der Waals surface area contributed by atoms with Crippen LogP contribution in [-0.2, 0) is 17.8 Å². The molecule has 82 valence electrons. The van der Waals surface area contributed by atoms with Gasteiger partial charge in [-0.15, -0.1) is 0 Å². The van der Waals surface area contributed by atoms with Gasteiger partial charge in [0.15, 0.2) is 0 Å². The van der Waals surface area contributed by atoms with Crippen LogP contribution >= 0.6 is 0 Å². The molecule has 0 spiro atoms. The largest absolute Gasteiger partial charge is 0.392 e. The average molecular weight is 206 g/mol. The predicted octanol–water partition coefficient (Wildman–Crippen LogP) is 2.34. The Hall–Kier alpha value is -1.15. The first-order valence-corrected chi connectivity index (χ1v) is 5.36. The Morgan fingerprint density at radius 2 is 1.80 bits per heavy atom. The third-order valence-corrected chi connectivity index (χ3v) is 2.76. The second kappa shape index (κ2) is 5.66. The summed E-state index contributed by atoms with van der Waals surface area (Å²) in [4.78, 5) is 11.3.